The SMILES string of the molecule is CO[C@@H]1OC(C(=O)O)[C@H](OC)[C@H](O)C1C. The summed E-state index contributed by atoms with van der Waals surface area (Å²) in [6.07, 6.45) is -3.72. The van der Waals surface area contributed by atoms with Gasteiger partial charge in [0.2, 0.25) is 0 Å². The van der Waals surface area contributed by atoms with Crippen molar-refractivity contribution in [3.05, 3.63) is 0 Å². The van der Waals surface area contributed by atoms with E-state index in [-0.39, 0.29) is 5.92 Å². The Morgan fingerprint density at radius 3 is 2.33 bits per heavy atom. The summed E-state index contributed by atoms with van der Waals surface area (Å²) in [5, 5.41) is 18.7. The summed E-state index contributed by atoms with van der Waals surface area (Å²) in [6, 6.07) is 0. The molecule has 0 radical (unpaired) electrons. The van der Waals surface area contributed by atoms with Crippen LogP contribution in [0, 0.1) is 5.92 Å². The van der Waals surface area contributed by atoms with E-state index >= 15 is 0 Å². The molecule has 1 fully saturated rings. The van der Waals surface area contributed by atoms with Crippen molar-refractivity contribution in [1.82, 2.24) is 0 Å². The Bertz CT molecular complexity index is 231. The third-order valence-corrected chi connectivity index (χ3v) is 2.63. The highest BCUT2D eigenvalue weighted by Crippen LogP contribution is 2.28. The quantitative estimate of drug-likeness (QED) is 0.664. The molecule has 0 bridgehead atoms. The lowest BCUT2D eigenvalue weighted by Crippen LogP contribution is -2.57. The molecule has 15 heavy (non-hydrogen) atoms. The molecule has 1 aliphatic rings. The number of hydrogen-bond acceptors (Lipinski definition) is 5. The van der Waals surface area contributed by atoms with E-state index in [0.29, 0.717) is 0 Å². The van der Waals surface area contributed by atoms with Crippen LogP contribution in [0.3, 0.4) is 0 Å². The summed E-state index contributed by atoms with van der Waals surface area (Å²) in [5.74, 6) is -1.51. The highest BCUT2D eigenvalue weighted by atomic mass is 16.7. The van der Waals surface area contributed by atoms with Gasteiger partial charge >= 0.3 is 5.97 Å². The van der Waals surface area contributed by atoms with Gasteiger partial charge in [-0.15, -0.1) is 0 Å². The zero-order valence-electron chi connectivity index (χ0n) is 8.91. The summed E-state index contributed by atoms with van der Waals surface area (Å²) in [4.78, 5) is 10.9. The van der Waals surface area contributed by atoms with E-state index in [0.717, 1.165) is 0 Å². The lowest BCUT2D eigenvalue weighted by molar-refractivity contribution is -0.272. The minimum absolute atomic E-state index is 0.337. The number of aliphatic carboxylic acids is 1. The third kappa shape index (κ3) is 2.28. The fourth-order valence-corrected chi connectivity index (χ4v) is 1.72. The lowest BCUT2D eigenvalue weighted by Gasteiger charge is -2.40. The minimum Gasteiger partial charge on any atom is -0.479 e. The first-order valence-electron chi connectivity index (χ1n) is 4.64. The fraction of sp³-hybridized carbons (Fsp3) is 0.889. The fourth-order valence-electron chi connectivity index (χ4n) is 1.72. The largest absolute Gasteiger partial charge is 0.479 e. The van der Waals surface area contributed by atoms with Crippen molar-refractivity contribution in [2.24, 2.45) is 5.92 Å². The minimum atomic E-state index is -1.20. The topological polar surface area (TPSA) is 85.2 Å². The molecule has 0 saturated carbocycles. The maximum absolute atomic E-state index is 10.9. The predicted molar refractivity (Wildman–Crippen MR) is 49.3 cm³/mol. The van der Waals surface area contributed by atoms with Gasteiger partial charge < -0.3 is 24.4 Å². The van der Waals surface area contributed by atoms with Crippen molar-refractivity contribution in [2.75, 3.05) is 14.2 Å². The van der Waals surface area contributed by atoms with Gasteiger partial charge in [0, 0.05) is 20.1 Å². The molecule has 0 aromatic carbocycles. The van der Waals surface area contributed by atoms with Gasteiger partial charge in [0.25, 0.3) is 0 Å². The lowest BCUT2D eigenvalue weighted by atomic mass is 9.92. The first-order valence-corrected chi connectivity index (χ1v) is 4.64. The van der Waals surface area contributed by atoms with E-state index < -0.39 is 30.6 Å². The Morgan fingerprint density at radius 2 is 1.93 bits per heavy atom. The van der Waals surface area contributed by atoms with Crippen LogP contribution in [0.25, 0.3) is 0 Å². The molecule has 6 heteroatoms. The second-order valence-corrected chi connectivity index (χ2v) is 3.55. The normalized spacial score (nSPS) is 41.5. The Hall–Kier alpha value is -0.690. The van der Waals surface area contributed by atoms with E-state index in [2.05, 4.69) is 0 Å². The molecular formula is C9H16O6. The van der Waals surface area contributed by atoms with Crippen LogP contribution in [-0.2, 0) is 19.0 Å². The molecule has 1 aliphatic heterocycles. The average Bonchev–Trinajstić information content (AvgIpc) is 2.21. The molecule has 88 valence electrons. The molecule has 1 heterocycles. The highest BCUT2D eigenvalue weighted by Gasteiger charge is 2.46. The predicted octanol–water partition coefficient (Wildman–Crippen LogP) is -0.546. The van der Waals surface area contributed by atoms with Gasteiger partial charge in [-0.3, -0.25) is 0 Å². The zero-order chi connectivity index (χ0) is 11.6. The molecule has 2 unspecified atom stereocenters. The number of ether oxygens (including phenoxy) is 3. The third-order valence-electron chi connectivity index (χ3n) is 2.63. The second-order valence-electron chi connectivity index (χ2n) is 3.55. The number of carbonyl (C=O) groups is 1. The number of aliphatic hydroxyl groups excluding tert-OH is 1. The van der Waals surface area contributed by atoms with Gasteiger partial charge in [0.1, 0.15) is 6.10 Å². The first-order chi connectivity index (χ1) is 7.02. The Balaban J connectivity index is 2.84. The number of hydrogen-bond donors (Lipinski definition) is 2. The van der Waals surface area contributed by atoms with Crippen molar-refractivity contribution in [2.45, 2.75) is 31.5 Å². The Kier molecular flexibility index (Phi) is 4.04. The van der Waals surface area contributed by atoms with Crippen LogP contribution in [-0.4, -0.2) is 55.0 Å². The van der Waals surface area contributed by atoms with Gasteiger partial charge in [-0.05, 0) is 0 Å². The molecule has 6 nitrogen and oxygen atoms in total. The maximum Gasteiger partial charge on any atom is 0.335 e. The van der Waals surface area contributed by atoms with Crippen LogP contribution in [0.2, 0.25) is 0 Å². The van der Waals surface area contributed by atoms with Gasteiger partial charge in [-0.1, -0.05) is 6.92 Å². The number of carboxylic acids is 1. The molecule has 0 aromatic heterocycles. The Labute approximate surface area is 87.7 Å². The Morgan fingerprint density at radius 1 is 1.33 bits per heavy atom. The summed E-state index contributed by atoms with van der Waals surface area (Å²) in [5.41, 5.74) is 0. The molecule has 0 aromatic rings. The zero-order valence-corrected chi connectivity index (χ0v) is 8.91. The van der Waals surface area contributed by atoms with Crippen molar-refractivity contribution in [3.63, 3.8) is 0 Å². The van der Waals surface area contributed by atoms with Gasteiger partial charge in [0.05, 0.1) is 6.10 Å². The summed E-state index contributed by atoms with van der Waals surface area (Å²) in [7, 11) is 2.74. The molecule has 0 aliphatic carbocycles. The van der Waals surface area contributed by atoms with E-state index in [1.807, 2.05) is 0 Å². The van der Waals surface area contributed by atoms with Gasteiger partial charge in [0.15, 0.2) is 12.4 Å². The smallest absolute Gasteiger partial charge is 0.335 e. The van der Waals surface area contributed by atoms with Crippen LogP contribution in [0.15, 0.2) is 0 Å². The average molecular weight is 220 g/mol. The number of carboxylic acid groups (broad SMARTS) is 1. The van der Waals surface area contributed by atoms with E-state index in [9.17, 15) is 9.90 Å². The standard InChI is InChI=1S/C9H16O6/c1-4-5(10)6(13-2)7(8(11)12)15-9(4)14-3/h4-7,9-10H,1-3H3,(H,11,12)/t4?,5-,6-,7?,9-/m1/s1. The number of methoxy groups -OCH3 is 2. The van der Waals surface area contributed by atoms with Gasteiger partial charge in [-0.25, -0.2) is 4.79 Å². The monoisotopic (exact) mass is 220 g/mol. The van der Waals surface area contributed by atoms with Crippen molar-refractivity contribution >= 4 is 5.97 Å². The molecular weight excluding hydrogens is 204 g/mol. The molecule has 0 spiro atoms. The van der Waals surface area contributed by atoms with Gasteiger partial charge in [-0.2, -0.15) is 0 Å². The van der Waals surface area contributed by atoms with E-state index in [1.165, 1.54) is 14.2 Å². The summed E-state index contributed by atoms with van der Waals surface area (Å²) >= 11 is 0. The highest BCUT2D eigenvalue weighted by molar-refractivity contribution is 5.73. The van der Waals surface area contributed by atoms with Crippen LogP contribution < -0.4 is 0 Å². The van der Waals surface area contributed by atoms with Crippen molar-refractivity contribution < 1.29 is 29.2 Å². The van der Waals surface area contributed by atoms with Crippen LogP contribution in [0.4, 0.5) is 0 Å². The molecule has 0 amide bonds. The van der Waals surface area contributed by atoms with Crippen LogP contribution in [0.1, 0.15) is 6.92 Å². The molecule has 2 N–H and O–H groups in total. The summed E-state index contributed by atoms with van der Waals surface area (Å²) in [6.45, 7) is 1.71. The van der Waals surface area contributed by atoms with Crippen molar-refractivity contribution in [1.29, 1.82) is 0 Å². The summed E-state index contributed by atoms with van der Waals surface area (Å²) < 4.78 is 15.1. The maximum atomic E-state index is 10.9. The van der Waals surface area contributed by atoms with E-state index in [1.54, 1.807) is 6.92 Å². The molecule has 1 saturated heterocycles. The molecule has 5 atom stereocenters. The first kappa shape index (κ1) is 12.4. The van der Waals surface area contributed by atoms with Crippen molar-refractivity contribution in [3.8, 4) is 0 Å². The number of aliphatic hydroxyl groups is 1. The molecule has 1 rings (SSSR count). The van der Waals surface area contributed by atoms with E-state index in [4.69, 9.17) is 19.3 Å². The number of rotatable bonds is 3. The second kappa shape index (κ2) is 4.89. The van der Waals surface area contributed by atoms with Crippen LogP contribution in [0.5, 0.6) is 0 Å². The van der Waals surface area contributed by atoms with Crippen LogP contribution >= 0.6 is 0 Å².